The smallest absolute Gasteiger partial charge is 0.303 e. The van der Waals surface area contributed by atoms with Gasteiger partial charge >= 0.3 is 5.97 Å². The molecule has 0 radical (unpaired) electrons. The molecule has 0 bridgehead atoms. The fourth-order valence-corrected chi connectivity index (χ4v) is 2.64. The minimum Gasteiger partial charge on any atom is -0.481 e. The third-order valence-corrected chi connectivity index (χ3v) is 4.28. The number of amides is 1. The van der Waals surface area contributed by atoms with Gasteiger partial charge in [0.05, 0.1) is 5.56 Å². The van der Waals surface area contributed by atoms with Crippen LogP contribution in [0.1, 0.15) is 43.0 Å². The third kappa shape index (κ3) is 6.48. The first-order valence-corrected chi connectivity index (χ1v) is 8.06. The summed E-state index contributed by atoms with van der Waals surface area (Å²) in [4.78, 5) is 22.6. The highest BCUT2D eigenvalue weighted by Gasteiger charge is 2.12. The van der Waals surface area contributed by atoms with Gasteiger partial charge in [-0.25, -0.2) is 0 Å². The second kappa shape index (κ2) is 9.05. The first-order valence-electron chi connectivity index (χ1n) is 6.89. The molecule has 0 spiro atoms. The molecular formula is C15H19BrClNO3. The highest BCUT2D eigenvalue weighted by atomic mass is 79.9. The van der Waals surface area contributed by atoms with Crippen molar-refractivity contribution in [2.75, 3.05) is 6.54 Å². The Hall–Kier alpha value is -1.07. The molecule has 0 saturated carbocycles. The summed E-state index contributed by atoms with van der Waals surface area (Å²) in [5.74, 6) is -0.651. The predicted molar refractivity (Wildman–Crippen MR) is 86.8 cm³/mol. The van der Waals surface area contributed by atoms with Crippen LogP contribution >= 0.6 is 27.5 Å². The van der Waals surface area contributed by atoms with Gasteiger partial charge in [-0.15, -0.1) is 0 Å². The van der Waals surface area contributed by atoms with Crippen LogP contribution in [0.3, 0.4) is 0 Å². The van der Waals surface area contributed by atoms with Crippen LogP contribution in [-0.4, -0.2) is 23.5 Å². The molecule has 1 rings (SSSR count). The number of carboxylic acid groups (broad SMARTS) is 1. The van der Waals surface area contributed by atoms with Gasteiger partial charge in [0.2, 0.25) is 0 Å². The quantitative estimate of drug-likeness (QED) is 0.717. The number of benzene rings is 1. The molecule has 0 fully saturated rings. The summed E-state index contributed by atoms with van der Waals surface area (Å²) in [5, 5.41) is 12.0. The van der Waals surface area contributed by atoms with Crippen molar-refractivity contribution in [3.8, 4) is 0 Å². The van der Waals surface area contributed by atoms with Crippen molar-refractivity contribution in [3.05, 3.63) is 33.3 Å². The van der Waals surface area contributed by atoms with Crippen molar-refractivity contribution in [2.45, 2.75) is 32.6 Å². The molecule has 1 aromatic rings. The van der Waals surface area contributed by atoms with Crippen LogP contribution in [0, 0.1) is 5.92 Å². The fraction of sp³-hybridized carbons (Fsp3) is 0.467. The Morgan fingerprint density at radius 3 is 2.71 bits per heavy atom. The zero-order valence-electron chi connectivity index (χ0n) is 11.9. The normalized spacial score (nSPS) is 12.0. The van der Waals surface area contributed by atoms with Gasteiger partial charge < -0.3 is 10.4 Å². The number of halogens is 2. The Balaban J connectivity index is 2.45. The van der Waals surface area contributed by atoms with Crippen LogP contribution in [-0.2, 0) is 4.79 Å². The Morgan fingerprint density at radius 2 is 2.10 bits per heavy atom. The van der Waals surface area contributed by atoms with E-state index in [1.807, 2.05) is 6.92 Å². The molecular weight excluding hydrogens is 358 g/mol. The maximum absolute atomic E-state index is 12.1. The van der Waals surface area contributed by atoms with Gasteiger partial charge in [-0.05, 0) is 52.9 Å². The first kappa shape index (κ1) is 18.0. The van der Waals surface area contributed by atoms with E-state index in [4.69, 9.17) is 16.7 Å². The van der Waals surface area contributed by atoms with Crippen molar-refractivity contribution < 1.29 is 14.7 Å². The molecule has 4 nitrogen and oxygen atoms in total. The largest absolute Gasteiger partial charge is 0.481 e. The number of hydrogen-bond donors (Lipinski definition) is 2. The van der Waals surface area contributed by atoms with Crippen LogP contribution in [0.4, 0.5) is 0 Å². The summed E-state index contributed by atoms with van der Waals surface area (Å²) < 4.78 is 0.697. The number of nitrogens with one attached hydrogen (secondary N) is 1. The Kier molecular flexibility index (Phi) is 7.75. The van der Waals surface area contributed by atoms with E-state index in [1.54, 1.807) is 18.2 Å². The predicted octanol–water partition coefficient (Wildman–Crippen LogP) is 4.11. The average Bonchev–Trinajstić information content (AvgIpc) is 2.44. The molecule has 2 N–H and O–H groups in total. The highest BCUT2D eigenvalue weighted by Crippen LogP contribution is 2.21. The van der Waals surface area contributed by atoms with Crippen LogP contribution in [0.2, 0.25) is 5.02 Å². The van der Waals surface area contributed by atoms with Gasteiger partial charge in [0.1, 0.15) is 0 Å². The maximum Gasteiger partial charge on any atom is 0.303 e. The molecule has 1 amide bonds. The molecule has 1 atom stereocenters. The van der Waals surface area contributed by atoms with Crippen molar-refractivity contribution in [3.63, 3.8) is 0 Å². The summed E-state index contributed by atoms with van der Waals surface area (Å²) >= 11 is 9.20. The summed E-state index contributed by atoms with van der Waals surface area (Å²) in [5.41, 5.74) is 0.501. The first-order chi connectivity index (χ1) is 9.93. The molecule has 21 heavy (non-hydrogen) atoms. The highest BCUT2D eigenvalue weighted by molar-refractivity contribution is 9.10. The van der Waals surface area contributed by atoms with Gasteiger partial charge in [-0.1, -0.05) is 24.9 Å². The van der Waals surface area contributed by atoms with Gasteiger partial charge in [0.15, 0.2) is 0 Å². The topological polar surface area (TPSA) is 66.4 Å². The second-order valence-corrected chi connectivity index (χ2v) is 6.17. The molecule has 0 aromatic heterocycles. The van der Waals surface area contributed by atoms with E-state index in [0.717, 1.165) is 12.8 Å². The van der Waals surface area contributed by atoms with E-state index in [2.05, 4.69) is 21.2 Å². The van der Waals surface area contributed by atoms with Crippen molar-refractivity contribution in [1.82, 2.24) is 5.32 Å². The summed E-state index contributed by atoms with van der Waals surface area (Å²) in [6.07, 6.45) is 2.49. The Bertz CT molecular complexity index is 508. The SMILES string of the molecule is CCC(CCNC(=O)c1cc(Cl)ccc1Br)CCC(=O)O. The summed E-state index contributed by atoms with van der Waals surface area (Å²) in [6.45, 7) is 2.55. The van der Waals surface area contributed by atoms with E-state index in [0.29, 0.717) is 33.9 Å². The monoisotopic (exact) mass is 375 g/mol. The number of carbonyl (C=O) groups is 2. The van der Waals surface area contributed by atoms with E-state index in [-0.39, 0.29) is 12.3 Å². The maximum atomic E-state index is 12.1. The van der Waals surface area contributed by atoms with Gasteiger partial charge in [0.25, 0.3) is 5.91 Å². The van der Waals surface area contributed by atoms with Gasteiger partial charge in [-0.3, -0.25) is 9.59 Å². The molecule has 0 aliphatic carbocycles. The van der Waals surface area contributed by atoms with E-state index >= 15 is 0 Å². The van der Waals surface area contributed by atoms with Crippen LogP contribution in [0.25, 0.3) is 0 Å². The molecule has 0 aliphatic heterocycles. The second-order valence-electron chi connectivity index (χ2n) is 4.88. The van der Waals surface area contributed by atoms with Gasteiger partial charge in [-0.2, -0.15) is 0 Å². The standard InChI is InChI=1S/C15H19BrClNO3/c1-2-10(3-6-14(19)20)7-8-18-15(21)12-9-11(17)4-5-13(12)16/h4-5,9-10H,2-3,6-8H2,1H3,(H,18,21)(H,19,20). The molecule has 116 valence electrons. The summed E-state index contributed by atoms with van der Waals surface area (Å²) in [7, 11) is 0. The van der Waals surface area contributed by atoms with E-state index in [9.17, 15) is 9.59 Å². The minimum atomic E-state index is -0.777. The zero-order chi connectivity index (χ0) is 15.8. The Morgan fingerprint density at radius 1 is 1.38 bits per heavy atom. The third-order valence-electron chi connectivity index (χ3n) is 3.35. The average molecular weight is 377 g/mol. The zero-order valence-corrected chi connectivity index (χ0v) is 14.2. The lowest BCUT2D eigenvalue weighted by Crippen LogP contribution is -2.26. The van der Waals surface area contributed by atoms with Crippen LogP contribution in [0.15, 0.2) is 22.7 Å². The molecule has 0 saturated heterocycles. The number of aliphatic carboxylic acids is 1. The number of rotatable bonds is 8. The molecule has 0 heterocycles. The lowest BCUT2D eigenvalue weighted by molar-refractivity contribution is -0.137. The molecule has 1 unspecified atom stereocenters. The Labute approximate surface area is 138 Å². The lowest BCUT2D eigenvalue weighted by Gasteiger charge is -2.14. The van der Waals surface area contributed by atoms with Crippen molar-refractivity contribution in [1.29, 1.82) is 0 Å². The molecule has 0 aliphatic rings. The van der Waals surface area contributed by atoms with E-state index < -0.39 is 5.97 Å². The van der Waals surface area contributed by atoms with Gasteiger partial charge in [0, 0.05) is 22.5 Å². The fourth-order valence-electron chi connectivity index (χ4n) is 2.04. The number of hydrogen-bond acceptors (Lipinski definition) is 2. The van der Waals surface area contributed by atoms with E-state index in [1.165, 1.54) is 0 Å². The van der Waals surface area contributed by atoms with Crippen molar-refractivity contribution >= 4 is 39.4 Å². The molecule has 1 aromatic carbocycles. The van der Waals surface area contributed by atoms with Crippen LogP contribution in [0.5, 0.6) is 0 Å². The lowest BCUT2D eigenvalue weighted by atomic mass is 9.96. The van der Waals surface area contributed by atoms with Crippen LogP contribution < -0.4 is 5.32 Å². The minimum absolute atomic E-state index is 0.173. The number of carbonyl (C=O) groups excluding carboxylic acids is 1. The number of carboxylic acids is 1. The van der Waals surface area contributed by atoms with Crippen molar-refractivity contribution in [2.24, 2.45) is 5.92 Å². The molecule has 6 heteroatoms. The summed E-state index contributed by atoms with van der Waals surface area (Å²) in [6, 6.07) is 5.06.